The van der Waals surface area contributed by atoms with Crippen molar-refractivity contribution in [2.24, 2.45) is 5.41 Å². The van der Waals surface area contributed by atoms with Gasteiger partial charge in [0.15, 0.2) is 0 Å². The average Bonchev–Trinajstić information content (AvgIpc) is 2.95. The van der Waals surface area contributed by atoms with Crippen LogP contribution in [0.3, 0.4) is 0 Å². The van der Waals surface area contributed by atoms with Gasteiger partial charge in [-0.1, -0.05) is 32.9 Å². The Morgan fingerprint density at radius 1 is 1.19 bits per heavy atom. The van der Waals surface area contributed by atoms with Crippen LogP contribution in [0.5, 0.6) is 0 Å². The number of rotatable bonds is 4. The molecule has 144 valence electrons. The number of halogens is 3. The first-order chi connectivity index (χ1) is 11.9. The van der Waals surface area contributed by atoms with Crippen molar-refractivity contribution in [1.29, 1.82) is 0 Å². The number of alkyl halides is 3. The van der Waals surface area contributed by atoms with E-state index in [9.17, 15) is 22.8 Å². The van der Waals surface area contributed by atoms with Gasteiger partial charge < -0.3 is 10.2 Å². The zero-order valence-electron chi connectivity index (χ0n) is 15.0. The van der Waals surface area contributed by atoms with Gasteiger partial charge in [0.2, 0.25) is 11.8 Å². The molecule has 8 heteroatoms. The van der Waals surface area contributed by atoms with Crippen molar-refractivity contribution in [1.82, 2.24) is 4.90 Å². The van der Waals surface area contributed by atoms with Crippen molar-refractivity contribution < 1.29 is 22.8 Å². The Labute approximate surface area is 155 Å². The summed E-state index contributed by atoms with van der Waals surface area (Å²) in [6.07, 6.45) is -4.92. The summed E-state index contributed by atoms with van der Waals surface area (Å²) in [6.45, 7) is 5.89. The fourth-order valence-electron chi connectivity index (χ4n) is 2.62. The number of thioether (sulfide) groups is 1. The van der Waals surface area contributed by atoms with Gasteiger partial charge in [-0.15, -0.1) is 11.8 Å². The number of carbonyl (C=O) groups is 2. The van der Waals surface area contributed by atoms with Crippen molar-refractivity contribution in [3.05, 3.63) is 29.8 Å². The molecule has 0 spiro atoms. The molecule has 0 bridgehead atoms. The van der Waals surface area contributed by atoms with E-state index >= 15 is 0 Å². The molecule has 1 atom stereocenters. The molecular weight excluding hydrogens is 365 g/mol. The highest BCUT2D eigenvalue weighted by Crippen LogP contribution is 2.27. The lowest BCUT2D eigenvalue weighted by molar-refractivity contribution is -0.137. The van der Waals surface area contributed by atoms with E-state index in [1.165, 1.54) is 36.0 Å². The molecule has 0 unspecified atom stereocenters. The minimum Gasteiger partial charge on any atom is -0.324 e. The summed E-state index contributed by atoms with van der Waals surface area (Å²) in [7, 11) is 0. The molecule has 1 aromatic carbocycles. The first-order valence-corrected chi connectivity index (χ1v) is 9.44. The lowest BCUT2D eigenvalue weighted by Gasteiger charge is -2.26. The summed E-state index contributed by atoms with van der Waals surface area (Å²) in [5, 5.41) is 2.69. The molecule has 1 aliphatic rings. The number of hydrogen-bond donors (Lipinski definition) is 1. The van der Waals surface area contributed by atoms with Crippen LogP contribution in [0.25, 0.3) is 0 Å². The normalized spacial score (nSPS) is 18.1. The van der Waals surface area contributed by atoms with Crippen molar-refractivity contribution in [2.45, 2.75) is 45.8 Å². The summed E-state index contributed by atoms with van der Waals surface area (Å²) >= 11 is 1.51. The Hall–Kier alpha value is -1.70. The number of amides is 2. The molecule has 1 heterocycles. The molecular formula is C18H23F3N2O2S. The molecule has 4 nitrogen and oxygen atoms in total. The van der Waals surface area contributed by atoms with Crippen LogP contribution in [0.2, 0.25) is 0 Å². The Morgan fingerprint density at radius 3 is 2.35 bits per heavy atom. The van der Waals surface area contributed by atoms with Gasteiger partial charge in [0, 0.05) is 17.9 Å². The van der Waals surface area contributed by atoms with Gasteiger partial charge in [-0.2, -0.15) is 13.2 Å². The van der Waals surface area contributed by atoms with E-state index in [1.807, 2.05) is 20.8 Å². The number of nitrogens with one attached hydrogen (secondary N) is 1. The number of nitrogens with zero attached hydrogens (tertiary/aromatic N) is 1. The predicted molar refractivity (Wildman–Crippen MR) is 96.9 cm³/mol. The van der Waals surface area contributed by atoms with Gasteiger partial charge in [0.1, 0.15) is 6.04 Å². The molecule has 0 radical (unpaired) electrons. The van der Waals surface area contributed by atoms with Crippen LogP contribution in [0.1, 0.15) is 32.8 Å². The predicted octanol–water partition coefficient (Wildman–Crippen LogP) is 4.07. The summed E-state index contributed by atoms with van der Waals surface area (Å²) in [4.78, 5) is 26.5. The fraction of sp³-hybridized carbons (Fsp3) is 0.556. The lowest BCUT2D eigenvalue weighted by atomic mass is 9.91. The van der Waals surface area contributed by atoms with Crippen LogP contribution in [-0.2, 0) is 16.0 Å². The maximum atomic E-state index is 12.5. The van der Waals surface area contributed by atoms with Gasteiger partial charge in [0.25, 0.3) is 0 Å². The largest absolute Gasteiger partial charge is 0.393 e. The molecule has 0 saturated carbocycles. The van der Waals surface area contributed by atoms with Gasteiger partial charge in [-0.3, -0.25) is 9.59 Å². The quantitative estimate of drug-likeness (QED) is 0.846. The van der Waals surface area contributed by atoms with Crippen LogP contribution in [-0.4, -0.2) is 40.6 Å². The van der Waals surface area contributed by atoms with E-state index < -0.39 is 18.6 Å². The van der Waals surface area contributed by atoms with E-state index in [-0.39, 0.29) is 22.8 Å². The van der Waals surface area contributed by atoms with E-state index in [0.717, 1.165) is 0 Å². The van der Waals surface area contributed by atoms with Gasteiger partial charge >= 0.3 is 6.18 Å². The van der Waals surface area contributed by atoms with Crippen molar-refractivity contribution in [2.75, 3.05) is 16.9 Å². The van der Waals surface area contributed by atoms with Crippen LogP contribution in [0, 0.1) is 5.41 Å². The monoisotopic (exact) mass is 388 g/mol. The van der Waals surface area contributed by atoms with E-state index in [4.69, 9.17) is 0 Å². The maximum absolute atomic E-state index is 12.5. The Kier molecular flexibility index (Phi) is 6.26. The second-order valence-electron chi connectivity index (χ2n) is 7.59. The lowest BCUT2D eigenvalue weighted by Crippen LogP contribution is -2.45. The molecule has 1 aliphatic heterocycles. The Balaban J connectivity index is 1.99. The molecule has 2 amide bonds. The smallest absolute Gasteiger partial charge is 0.324 e. The highest BCUT2D eigenvalue weighted by Gasteiger charge is 2.36. The second-order valence-corrected chi connectivity index (χ2v) is 8.59. The van der Waals surface area contributed by atoms with Crippen LogP contribution >= 0.6 is 11.8 Å². The van der Waals surface area contributed by atoms with Crippen molar-refractivity contribution in [3.63, 3.8) is 0 Å². The zero-order chi connectivity index (χ0) is 19.5. The third kappa shape index (κ3) is 6.23. The molecule has 1 fully saturated rings. The Bertz CT molecular complexity index is 654. The summed E-state index contributed by atoms with van der Waals surface area (Å²) in [5.74, 6) is 0.592. The molecule has 26 heavy (non-hydrogen) atoms. The molecule has 1 N–H and O–H groups in total. The number of carbonyl (C=O) groups excluding carboxylic acids is 2. The third-order valence-corrected chi connectivity index (χ3v) is 4.83. The summed E-state index contributed by atoms with van der Waals surface area (Å²) in [6, 6.07) is 5.01. The van der Waals surface area contributed by atoms with E-state index in [0.29, 0.717) is 23.7 Å². The van der Waals surface area contributed by atoms with E-state index in [2.05, 4.69) is 5.32 Å². The van der Waals surface area contributed by atoms with Crippen LogP contribution in [0.15, 0.2) is 24.3 Å². The SMILES string of the molecule is CC(C)(C)CC(=O)N1CSC[C@H]1C(=O)Nc1ccc(CC(F)(F)F)cc1. The van der Waals surface area contributed by atoms with Gasteiger partial charge in [0.05, 0.1) is 12.3 Å². The number of anilines is 1. The molecule has 1 saturated heterocycles. The zero-order valence-corrected chi connectivity index (χ0v) is 15.8. The topological polar surface area (TPSA) is 49.4 Å². The number of hydrogen-bond acceptors (Lipinski definition) is 3. The van der Waals surface area contributed by atoms with E-state index in [1.54, 1.807) is 4.90 Å². The standard InChI is InChI=1S/C18H23F3N2O2S/c1-17(2,3)9-15(24)23-11-26-10-14(23)16(25)22-13-6-4-12(5-7-13)8-18(19,20)21/h4-7,14H,8-11H2,1-3H3,(H,22,25)/t14-/m0/s1. The first-order valence-electron chi connectivity index (χ1n) is 8.28. The third-order valence-electron chi connectivity index (χ3n) is 3.81. The minimum atomic E-state index is -4.26. The molecule has 0 aromatic heterocycles. The Morgan fingerprint density at radius 2 is 1.81 bits per heavy atom. The van der Waals surface area contributed by atoms with Crippen molar-refractivity contribution >= 4 is 29.3 Å². The summed E-state index contributed by atoms with van der Waals surface area (Å²) in [5.41, 5.74) is 0.384. The van der Waals surface area contributed by atoms with Gasteiger partial charge in [-0.05, 0) is 23.1 Å². The van der Waals surface area contributed by atoms with Crippen LogP contribution in [0.4, 0.5) is 18.9 Å². The fourth-order valence-corrected chi connectivity index (χ4v) is 3.80. The van der Waals surface area contributed by atoms with Crippen LogP contribution < -0.4 is 5.32 Å². The maximum Gasteiger partial charge on any atom is 0.393 e. The summed E-state index contributed by atoms with van der Waals surface area (Å²) < 4.78 is 37.1. The first kappa shape index (κ1) is 20.6. The highest BCUT2D eigenvalue weighted by molar-refractivity contribution is 7.99. The van der Waals surface area contributed by atoms with Crippen molar-refractivity contribution in [3.8, 4) is 0 Å². The molecule has 2 rings (SSSR count). The molecule has 0 aliphatic carbocycles. The molecule has 1 aromatic rings. The highest BCUT2D eigenvalue weighted by atomic mass is 32.2. The number of benzene rings is 1. The second kappa shape index (κ2) is 7.90. The minimum absolute atomic E-state index is 0.0665. The average molecular weight is 388 g/mol. The van der Waals surface area contributed by atoms with Gasteiger partial charge in [-0.25, -0.2) is 0 Å².